The molecule has 322 valence electrons. The lowest BCUT2D eigenvalue weighted by Gasteiger charge is -2.65. The number of fused-ring (bicyclic) bond motifs is 11. The van der Waals surface area contributed by atoms with Gasteiger partial charge in [-0.25, -0.2) is 9.59 Å². The maximum atomic E-state index is 15.0. The van der Waals surface area contributed by atoms with Crippen LogP contribution >= 0.6 is 0 Å². The summed E-state index contributed by atoms with van der Waals surface area (Å²) in [6.07, 6.45) is -3.34. The van der Waals surface area contributed by atoms with Crippen molar-refractivity contribution in [3.63, 3.8) is 0 Å². The van der Waals surface area contributed by atoms with Gasteiger partial charge >= 0.3 is 23.9 Å². The molecule has 3 heterocycles. The molecule has 0 amide bonds. The fourth-order valence-electron chi connectivity index (χ4n) is 15.2. The average Bonchev–Trinajstić information content (AvgIpc) is 4.10. The number of rotatable bonds is 4. The summed E-state index contributed by atoms with van der Waals surface area (Å²) in [7, 11) is 0. The molecule has 2 aromatic carbocycles. The number of epoxide rings is 2. The van der Waals surface area contributed by atoms with Crippen LogP contribution in [0.25, 0.3) is 0 Å². The second-order valence-corrected chi connectivity index (χ2v) is 20.4. The summed E-state index contributed by atoms with van der Waals surface area (Å²) < 4.78 is 38.2. The molecule has 2 N–H and O–H groups in total. The molecule has 14 nitrogen and oxygen atoms in total. The number of esters is 4. The molecule has 2 aromatic rings. The third-order valence-electron chi connectivity index (χ3n) is 17.8. The van der Waals surface area contributed by atoms with E-state index in [1.807, 2.05) is 13.8 Å². The third-order valence-corrected chi connectivity index (χ3v) is 17.8. The first-order valence-corrected chi connectivity index (χ1v) is 21.6. The van der Waals surface area contributed by atoms with Crippen molar-refractivity contribution in [3.05, 3.63) is 70.3 Å². The van der Waals surface area contributed by atoms with E-state index in [4.69, 9.17) is 28.4 Å². The van der Waals surface area contributed by atoms with Crippen LogP contribution in [0.3, 0.4) is 0 Å². The predicted octanol–water partition coefficient (Wildman–Crippen LogP) is 3.97. The first kappa shape index (κ1) is 39.4. The minimum atomic E-state index is -2.17. The molecule has 8 fully saturated rings. The van der Waals surface area contributed by atoms with E-state index in [-0.39, 0.29) is 51.7 Å². The molecule has 1 spiro atoms. The molecule has 61 heavy (non-hydrogen) atoms. The van der Waals surface area contributed by atoms with Gasteiger partial charge in [0.2, 0.25) is 5.79 Å². The Kier molecular flexibility index (Phi) is 7.84. The summed E-state index contributed by atoms with van der Waals surface area (Å²) >= 11 is 0. The van der Waals surface area contributed by atoms with E-state index >= 15 is 0 Å². The molecule has 0 aromatic heterocycles. The zero-order valence-corrected chi connectivity index (χ0v) is 35.0. The second kappa shape index (κ2) is 12.1. The van der Waals surface area contributed by atoms with E-state index < -0.39 is 123 Å². The number of ether oxygens (including phenoxy) is 6. The highest BCUT2D eigenvalue weighted by Gasteiger charge is 2.93. The monoisotopic (exact) mass is 838 g/mol. The van der Waals surface area contributed by atoms with E-state index in [1.165, 1.54) is 39.0 Å². The Balaban J connectivity index is 1.11. The van der Waals surface area contributed by atoms with Crippen LogP contribution in [0.4, 0.5) is 0 Å². The molecular weight excluding hydrogens is 789 g/mol. The van der Waals surface area contributed by atoms with Crippen LogP contribution in [0.15, 0.2) is 42.5 Å². The molecule has 3 aliphatic heterocycles. The molecule has 2 unspecified atom stereocenters. The molecule has 9 aliphatic rings. The van der Waals surface area contributed by atoms with Crippen LogP contribution in [-0.4, -0.2) is 99.8 Å². The Labute approximate surface area is 351 Å². The second-order valence-electron chi connectivity index (χ2n) is 20.4. The molecule has 5 saturated carbocycles. The van der Waals surface area contributed by atoms with Gasteiger partial charge < -0.3 is 38.6 Å². The van der Waals surface area contributed by atoms with Crippen LogP contribution in [-0.2, 0) is 42.8 Å². The number of carbonyl (C=O) groups excluding carboxylic acids is 6. The molecule has 11 rings (SSSR count). The Morgan fingerprint density at radius 3 is 2.10 bits per heavy atom. The Bertz CT molecular complexity index is 2390. The normalized spacial score (nSPS) is 48.8. The highest BCUT2D eigenvalue weighted by molar-refractivity contribution is 6.28. The number of carbonyl (C=O) groups is 6. The molecule has 19 atom stereocenters. The summed E-state index contributed by atoms with van der Waals surface area (Å²) in [5.41, 5.74) is -4.89. The smallest absolute Gasteiger partial charge is 0.341 e. The van der Waals surface area contributed by atoms with Crippen LogP contribution < -0.4 is 0 Å². The average molecular weight is 839 g/mol. The number of hydrogen-bond donors (Lipinski definition) is 2. The van der Waals surface area contributed by atoms with Gasteiger partial charge in [-0.2, -0.15) is 0 Å². The van der Waals surface area contributed by atoms with Crippen molar-refractivity contribution in [1.82, 2.24) is 0 Å². The lowest BCUT2D eigenvalue weighted by molar-refractivity contribution is -0.267. The van der Waals surface area contributed by atoms with Crippen molar-refractivity contribution >= 4 is 35.4 Å². The summed E-state index contributed by atoms with van der Waals surface area (Å²) in [6.45, 7) is 11.7. The van der Waals surface area contributed by atoms with Gasteiger partial charge in [0.25, 0.3) is 0 Å². The predicted molar refractivity (Wildman–Crippen MR) is 207 cm³/mol. The summed E-state index contributed by atoms with van der Waals surface area (Å²) in [5, 5.41) is 25.1. The Morgan fingerprint density at radius 1 is 0.770 bits per heavy atom. The first-order chi connectivity index (χ1) is 28.7. The fourth-order valence-corrected chi connectivity index (χ4v) is 15.2. The van der Waals surface area contributed by atoms with E-state index in [9.17, 15) is 39.0 Å². The SMILES string of the molecule is CC(=O)O[C@H]1C2C([C@@H]3[C@@H](OC(=O)c4ccc5c(c4)C(=O)c4ccccc4C5=O)[C@@H]4[C@H]([C@H](C)[C@H]5O[C@]56OC(=O)[C@@](C)(O)[C@]46C)[C@@]3(C)[C@H]1OC(C)=O)[C@@H](O)C[C@H]1C[C@@H]3O[C@@H]3C[C@]21C. The third kappa shape index (κ3) is 4.67. The van der Waals surface area contributed by atoms with Crippen LogP contribution in [0, 0.1) is 57.7 Å². The lowest BCUT2D eigenvalue weighted by Crippen LogP contribution is -2.70. The summed E-state index contributed by atoms with van der Waals surface area (Å²) in [5.74, 6) is -9.52. The van der Waals surface area contributed by atoms with Crippen LogP contribution in [0.2, 0.25) is 0 Å². The maximum Gasteiger partial charge on any atom is 0.341 e. The zero-order chi connectivity index (χ0) is 43.2. The van der Waals surface area contributed by atoms with Gasteiger partial charge in [-0.1, -0.05) is 45.0 Å². The number of ketones is 2. The molecular formula is C47H50O14. The molecule has 0 radical (unpaired) electrons. The van der Waals surface area contributed by atoms with Gasteiger partial charge in [-0.3, -0.25) is 19.2 Å². The Morgan fingerprint density at radius 2 is 1.43 bits per heavy atom. The van der Waals surface area contributed by atoms with Gasteiger partial charge in [-0.05, 0) is 80.4 Å². The molecule has 6 aliphatic carbocycles. The van der Waals surface area contributed by atoms with E-state index in [1.54, 1.807) is 31.2 Å². The van der Waals surface area contributed by atoms with E-state index in [0.29, 0.717) is 19.3 Å². The minimum absolute atomic E-state index is 0.0127. The van der Waals surface area contributed by atoms with Crippen molar-refractivity contribution in [2.45, 2.75) is 122 Å². The Hall–Kier alpha value is -4.50. The highest BCUT2D eigenvalue weighted by atomic mass is 16.8. The van der Waals surface area contributed by atoms with Crippen molar-refractivity contribution in [1.29, 1.82) is 0 Å². The van der Waals surface area contributed by atoms with Gasteiger partial charge in [0.05, 0.1) is 29.3 Å². The summed E-state index contributed by atoms with van der Waals surface area (Å²) in [6, 6.07) is 10.7. The van der Waals surface area contributed by atoms with Crippen molar-refractivity contribution in [2.75, 3.05) is 0 Å². The van der Waals surface area contributed by atoms with E-state index in [2.05, 4.69) is 6.92 Å². The van der Waals surface area contributed by atoms with Gasteiger partial charge in [0, 0.05) is 59.3 Å². The molecule has 14 heteroatoms. The lowest BCUT2D eigenvalue weighted by atomic mass is 9.41. The van der Waals surface area contributed by atoms with Crippen LogP contribution in [0.5, 0.6) is 0 Å². The summed E-state index contributed by atoms with van der Waals surface area (Å²) in [4.78, 5) is 82.8. The topological polar surface area (TPSA) is 205 Å². The van der Waals surface area contributed by atoms with Crippen LogP contribution in [0.1, 0.15) is 110 Å². The standard InChI is InChI=1S/C47H50O14/c1-18-31-34(45(6)46(7,55)42(54)61-47(45)39(18)60-47)37(59-41(53)21-12-13-25-26(14-21)36(52)24-11-9-8-10-23(24)35(25)51)33-30-27(50)15-22-16-28-29(58-28)17-43(22,4)32(30)38(56-19(2)48)40(44(31,33)5)57-20(3)49/h8-14,18,22,27-34,37-40,50,55H,15-17H2,1-7H3/t18-,22-,27-,28-,29+,30?,31-,32?,33+,34-,37+,38-,39+,40-,43-,44+,45-,46+,47-/m0/s1. The van der Waals surface area contributed by atoms with Gasteiger partial charge in [0.1, 0.15) is 24.4 Å². The number of benzene rings is 2. The van der Waals surface area contributed by atoms with Crippen molar-refractivity contribution in [2.24, 2.45) is 57.7 Å². The van der Waals surface area contributed by atoms with Crippen molar-refractivity contribution < 1.29 is 67.4 Å². The van der Waals surface area contributed by atoms with Gasteiger partial charge in [0.15, 0.2) is 17.2 Å². The van der Waals surface area contributed by atoms with Gasteiger partial charge in [-0.15, -0.1) is 0 Å². The number of aliphatic hydroxyl groups is 2. The minimum Gasteiger partial charge on any atom is -0.458 e. The maximum absolute atomic E-state index is 15.0. The highest BCUT2D eigenvalue weighted by Crippen LogP contribution is 2.81. The fraction of sp³-hybridized carbons (Fsp3) is 0.617. The van der Waals surface area contributed by atoms with Crippen molar-refractivity contribution in [3.8, 4) is 0 Å². The first-order valence-electron chi connectivity index (χ1n) is 21.6. The molecule has 0 bridgehead atoms. The quantitative estimate of drug-likeness (QED) is 0.217. The zero-order valence-electron chi connectivity index (χ0n) is 35.0. The largest absolute Gasteiger partial charge is 0.458 e. The number of aliphatic hydroxyl groups excluding tert-OH is 1. The number of hydrogen-bond acceptors (Lipinski definition) is 14. The van der Waals surface area contributed by atoms with E-state index in [0.717, 1.165) is 0 Å². The molecule has 3 saturated heterocycles.